The van der Waals surface area contributed by atoms with E-state index in [-0.39, 0.29) is 16.1 Å². The van der Waals surface area contributed by atoms with Gasteiger partial charge in [0.05, 0.1) is 6.10 Å². The third-order valence-corrected chi connectivity index (χ3v) is 2.67. The summed E-state index contributed by atoms with van der Waals surface area (Å²) >= 11 is 5.67. The molecule has 0 aliphatic carbocycles. The molecule has 1 unspecified atom stereocenters. The molecule has 0 heterocycles. The van der Waals surface area contributed by atoms with Crippen LogP contribution in [0.5, 0.6) is 0 Å². The van der Waals surface area contributed by atoms with Crippen LogP contribution in [0.15, 0.2) is 12.1 Å². The second-order valence-electron chi connectivity index (χ2n) is 3.79. The predicted octanol–water partition coefficient (Wildman–Crippen LogP) is 4.16. The highest BCUT2D eigenvalue weighted by Crippen LogP contribution is 2.32. The molecule has 1 aromatic rings. The topological polar surface area (TPSA) is 20.2 Å². The molecular weight excluding hydrogens is 260 g/mol. The smallest absolute Gasteiger partial charge is 0.388 e. The second kappa shape index (κ2) is 5.23. The van der Waals surface area contributed by atoms with Crippen LogP contribution in [0.4, 0.5) is 17.6 Å². The predicted molar refractivity (Wildman–Crippen MR) is 56.4 cm³/mol. The van der Waals surface area contributed by atoms with E-state index < -0.39 is 30.9 Å². The quantitative estimate of drug-likeness (QED) is 0.818. The lowest BCUT2D eigenvalue weighted by molar-refractivity contribution is -0.140. The van der Waals surface area contributed by atoms with Crippen molar-refractivity contribution < 1.29 is 22.7 Å². The van der Waals surface area contributed by atoms with Gasteiger partial charge in [0, 0.05) is 11.4 Å². The highest BCUT2D eigenvalue weighted by molar-refractivity contribution is 6.31. The fraction of sp³-hybridized carbons (Fsp3) is 0.455. The summed E-state index contributed by atoms with van der Waals surface area (Å²) in [6, 6.07) is 2.25. The van der Waals surface area contributed by atoms with Crippen LogP contribution in [0.25, 0.3) is 0 Å². The molecule has 0 aliphatic heterocycles. The standard InChI is InChI=1S/C11H11ClF4O/c1-6-4-7(8(12)5-9(6)13)10(17)2-3-11(14,15)16/h4-5,10,17H,2-3H2,1H3. The highest BCUT2D eigenvalue weighted by Gasteiger charge is 2.28. The van der Waals surface area contributed by atoms with Gasteiger partial charge in [-0.2, -0.15) is 13.2 Å². The number of halogens is 5. The largest absolute Gasteiger partial charge is 0.389 e. The number of alkyl halides is 3. The molecule has 0 aliphatic rings. The molecule has 0 amide bonds. The minimum atomic E-state index is -4.33. The van der Waals surface area contributed by atoms with Crippen LogP contribution < -0.4 is 0 Å². The number of hydrogen-bond donors (Lipinski definition) is 1. The molecule has 17 heavy (non-hydrogen) atoms. The van der Waals surface area contributed by atoms with E-state index in [1.165, 1.54) is 13.0 Å². The number of hydrogen-bond acceptors (Lipinski definition) is 1. The summed E-state index contributed by atoms with van der Waals surface area (Å²) in [6.45, 7) is 1.45. The summed E-state index contributed by atoms with van der Waals surface area (Å²) in [4.78, 5) is 0. The molecule has 0 saturated heterocycles. The van der Waals surface area contributed by atoms with Crippen LogP contribution in [-0.4, -0.2) is 11.3 Å². The molecule has 1 N–H and O–H groups in total. The van der Waals surface area contributed by atoms with Gasteiger partial charge in [0.25, 0.3) is 0 Å². The van der Waals surface area contributed by atoms with E-state index in [2.05, 4.69) is 0 Å². The Morgan fingerprint density at radius 2 is 1.94 bits per heavy atom. The molecule has 1 nitrogen and oxygen atoms in total. The maximum absolute atomic E-state index is 13.1. The van der Waals surface area contributed by atoms with Crippen molar-refractivity contribution in [2.45, 2.75) is 32.0 Å². The molecule has 0 aromatic heterocycles. The molecule has 0 bridgehead atoms. The van der Waals surface area contributed by atoms with Crippen LogP contribution in [-0.2, 0) is 0 Å². The van der Waals surface area contributed by atoms with Gasteiger partial charge in [-0.3, -0.25) is 0 Å². The summed E-state index contributed by atoms with van der Waals surface area (Å²) in [5.41, 5.74) is 0.352. The Kier molecular flexibility index (Phi) is 4.38. The lowest BCUT2D eigenvalue weighted by atomic mass is 10.0. The highest BCUT2D eigenvalue weighted by atomic mass is 35.5. The van der Waals surface area contributed by atoms with Crippen LogP contribution >= 0.6 is 11.6 Å². The average molecular weight is 271 g/mol. The van der Waals surface area contributed by atoms with Gasteiger partial charge in [-0.05, 0) is 36.6 Å². The zero-order valence-corrected chi connectivity index (χ0v) is 9.74. The first-order chi connectivity index (χ1) is 7.70. The van der Waals surface area contributed by atoms with Gasteiger partial charge in [0.2, 0.25) is 0 Å². The summed E-state index contributed by atoms with van der Waals surface area (Å²) in [7, 11) is 0. The third kappa shape index (κ3) is 4.16. The van der Waals surface area contributed by atoms with Crippen molar-refractivity contribution in [2.24, 2.45) is 0 Å². The second-order valence-corrected chi connectivity index (χ2v) is 4.20. The first-order valence-corrected chi connectivity index (χ1v) is 5.29. The summed E-state index contributed by atoms with van der Waals surface area (Å²) in [5, 5.41) is 9.51. The Morgan fingerprint density at radius 3 is 2.47 bits per heavy atom. The van der Waals surface area contributed by atoms with Crippen LogP contribution in [0.3, 0.4) is 0 Å². The number of aliphatic hydroxyl groups excluding tert-OH is 1. The zero-order valence-electron chi connectivity index (χ0n) is 8.98. The van der Waals surface area contributed by atoms with Crippen molar-refractivity contribution in [1.29, 1.82) is 0 Å². The monoisotopic (exact) mass is 270 g/mol. The maximum atomic E-state index is 13.1. The fourth-order valence-corrected chi connectivity index (χ4v) is 1.67. The van der Waals surface area contributed by atoms with Crippen molar-refractivity contribution in [3.63, 3.8) is 0 Å². The van der Waals surface area contributed by atoms with Crippen molar-refractivity contribution in [3.8, 4) is 0 Å². The van der Waals surface area contributed by atoms with E-state index in [1.54, 1.807) is 0 Å². The van der Waals surface area contributed by atoms with Gasteiger partial charge < -0.3 is 5.11 Å². The van der Waals surface area contributed by atoms with E-state index >= 15 is 0 Å². The van der Waals surface area contributed by atoms with E-state index in [0.29, 0.717) is 0 Å². The molecule has 0 radical (unpaired) electrons. The van der Waals surface area contributed by atoms with E-state index in [0.717, 1.165) is 6.07 Å². The Labute approximate surface area is 101 Å². The van der Waals surface area contributed by atoms with E-state index in [1.807, 2.05) is 0 Å². The Hall–Kier alpha value is -0.810. The lowest BCUT2D eigenvalue weighted by Gasteiger charge is -2.15. The number of aliphatic hydroxyl groups is 1. The molecule has 1 aromatic carbocycles. The lowest BCUT2D eigenvalue weighted by Crippen LogP contribution is -2.10. The Bertz CT molecular complexity index is 403. The molecule has 1 rings (SSSR count). The summed E-state index contributed by atoms with van der Waals surface area (Å²) in [6.07, 6.45) is -7.28. The van der Waals surface area contributed by atoms with E-state index in [9.17, 15) is 22.7 Å². The van der Waals surface area contributed by atoms with Gasteiger partial charge >= 0.3 is 6.18 Å². The normalized spacial score (nSPS) is 13.8. The van der Waals surface area contributed by atoms with Crippen molar-refractivity contribution >= 4 is 11.6 Å². The van der Waals surface area contributed by atoms with Crippen molar-refractivity contribution in [2.75, 3.05) is 0 Å². The number of rotatable bonds is 3. The molecule has 0 saturated carbocycles. The van der Waals surface area contributed by atoms with Crippen molar-refractivity contribution in [1.82, 2.24) is 0 Å². The molecule has 0 spiro atoms. The van der Waals surface area contributed by atoms with Crippen molar-refractivity contribution in [3.05, 3.63) is 34.1 Å². The van der Waals surface area contributed by atoms with Crippen LogP contribution in [0, 0.1) is 12.7 Å². The van der Waals surface area contributed by atoms with Gasteiger partial charge in [-0.25, -0.2) is 4.39 Å². The Balaban J connectivity index is 2.82. The van der Waals surface area contributed by atoms with Gasteiger partial charge in [0.1, 0.15) is 5.82 Å². The first kappa shape index (κ1) is 14.3. The van der Waals surface area contributed by atoms with Gasteiger partial charge in [-0.15, -0.1) is 0 Å². The fourth-order valence-electron chi connectivity index (χ4n) is 1.39. The zero-order chi connectivity index (χ0) is 13.2. The minimum Gasteiger partial charge on any atom is -0.388 e. The van der Waals surface area contributed by atoms with Crippen LogP contribution in [0.1, 0.15) is 30.1 Å². The molecule has 1 atom stereocenters. The minimum absolute atomic E-state index is 0.0669. The summed E-state index contributed by atoms with van der Waals surface area (Å²) in [5.74, 6) is -0.554. The Morgan fingerprint density at radius 1 is 1.35 bits per heavy atom. The average Bonchev–Trinajstić information content (AvgIpc) is 2.19. The number of aryl methyl sites for hydroxylation is 1. The van der Waals surface area contributed by atoms with Crippen LogP contribution in [0.2, 0.25) is 5.02 Å². The summed E-state index contributed by atoms with van der Waals surface area (Å²) < 4.78 is 49.0. The SMILES string of the molecule is Cc1cc(C(O)CCC(F)(F)F)c(Cl)cc1F. The number of benzene rings is 1. The molecular formula is C11H11ClF4O. The first-order valence-electron chi connectivity index (χ1n) is 4.91. The maximum Gasteiger partial charge on any atom is 0.389 e. The van der Waals surface area contributed by atoms with E-state index in [4.69, 9.17) is 11.6 Å². The molecule has 6 heteroatoms. The van der Waals surface area contributed by atoms with Gasteiger partial charge in [-0.1, -0.05) is 11.6 Å². The third-order valence-electron chi connectivity index (χ3n) is 2.34. The molecule has 0 fully saturated rings. The van der Waals surface area contributed by atoms with Gasteiger partial charge in [0.15, 0.2) is 0 Å². The molecule has 96 valence electrons.